The van der Waals surface area contributed by atoms with Crippen molar-refractivity contribution in [3.8, 4) is 11.3 Å². The summed E-state index contributed by atoms with van der Waals surface area (Å²) < 4.78 is 0. The van der Waals surface area contributed by atoms with Gasteiger partial charge in [0.15, 0.2) is 0 Å². The molecular formula is C16H14N2O3. The highest BCUT2D eigenvalue weighted by atomic mass is 16.4. The van der Waals surface area contributed by atoms with Gasteiger partial charge < -0.3 is 10.4 Å². The molecule has 1 fully saturated rings. The number of carbonyl (C=O) groups is 2. The highest BCUT2D eigenvalue weighted by molar-refractivity contribution is 5.96. The van der Waals surface area contributed by atoms with E-state index in [1.807, 2.05) is 6.07 Å². The molecule has 106 valence electrons. The zero-order chi connectivity index (χ0) is 14.8. The zero-order valence-corrected chi connectivity index (χ0v) is 11.2. The van der Waals surface area contributed by atoms with Gasteiger partial charge in [-0.15, -0.1) is 0 Å². The summed E-state index contributed by atoms with van der Waals surface area (Å²) >= 11 is 0. The van der Waals surface area contributed by atoms with Crippen LogP contribution in [-0.2, 0) is 0 Å². The molecule has 5 heteroatoms. The van der Waals surface area contributed by atoms with Gasteiger partial charge in [0.1, 0.15) is 0 Å². The quantitative estimate of drug-likeness (QED) is 0.902. The zero-order valence-electron chi connectivity index (χ0n) is 11.2. The first-order valence-corrected chi connectivity index (χ1v) is 6.74. The van der Waals surface area contributed by atoms with Crippen LogP contribution in [0, 0.1) is 0 Å². The Morgan fingerprint density at radius 1 is 1.14 bits per heavy atom. The van der Waals surface area contributed by atoms with Gasteiger partial charge in [0, 0.05) is 23.4 Å². The number of aromatic carboxylic acids is 1. The average molecular weight is 282 g/mol. The summed E-state index contributed by atoms with van der Waals surface area (Å²) in [7, 11) is 0. The maximum absolute atomic E-state index is 12.0. The Morgan fingerprint density at radius 3 is 2.67 bits per heavy atom. The number of nitrogens with zero attached hydrogens (tertiary/aromatic N) is 1. The second kappa shape index (κ2) is 5.36. The molecule has 2 N–H and O–H groups in total. The number of benzene rings is 1. The monoisotopic (exact) mass is 282 g/mol. The second-order valence-electron chi connectivity index (χ2n) is 5.06. The van der Waals surface area contributed by atoms with E-state index in [1.165, 1.54) is 18.3 Å². The molecule has 0 unspecified atom stereocenters. The summed E-state index contributed by atoms with van der Waals surface area (Å²) in [6.45, 7) is 0. The molecule has 0 aliphatic heterocycles. The Labute approximate surface area is 121 Å². The van der Waals surface area contributed by atoms with Crippen molar-refractivity contribution >= 4 is 11.9 Å². The van der Waals surface area contributed by atoms with E-state index in [9.17, 15) is 9.59 Å². The van der Waals surface area contributed by atoms with Crippen LogP contribution in [0.5, 0.6) is 0 Å². The Kier molecular flexibility index (Phi) is 3.39. The predicted octanol–water partition coefficient (Wildman–Crippen LogP) is 2.34. The lowest BCUT2D eigenvalue weighted by Crippen LogP contribution is -2.25. The van der Waals surface area contributed by atoms with E-state index >= 15 is 0 Å². The first-order chi connectivity index (χ1) is 10.1. The molecule has 0 bridgehead atoms. The van der Waals surface area contributed by atoms with Crippen LogP contribution in [0.2, 0.25) is 0 Å². The van der Waals surface area contributed by atoms with E-state index in [4.69, 9.17) is 5.11 Å². The summed E-state index contributed by atoms with van der Waals surface area (Å²) in [6.07, 6.45) is 3.52. The third-order valence-corrected chi connectivity index (χ3v) is 3.34. The minimum atomic E-state index is -0.999. The molecule has 1 aliphatic rings. The third kappa shape index (κ3) is 3.08. The van der Waals surface area contributed by atoms with Gasteiger partial charge in [-0.3, -0.25) is 9.78 Å². The molecule has 1 amide bonds. The van der Waals surface area contributed by atoms with Crippen molar-refractivity contribution in [2.75, 3.05) is 0 Å². The SMILES string of the molecule is O=C(O)c1ccnc(-c2cccc(C(=O)NC3CC3)c2)c1. The number of carboxylic acid groups (broad SMARTS) is 1. The smallest absolute Gasteiger partial charge is 0.335 e. The van der Waals surface area contributed by atoms with E-state index in [0.717, 1.165) is 18.4 Å². The van der Waals surface area contributed by atoms with Crippen molar-refractivity contribution in [2.45, 2.75) is 18.9 Å². The van der Waals surface area contributed by atoms with E-state index in [1.54, 1.807) is 18.2 Å². The molecule has 1 aromatic heterocycles. The van der Waals surface area contributed by atoms with Gasteiger partial charge in [-0.2, -0.15) is 0 Å². The number of hydrogen-bond donors (Lipinski definition) is 2. The molecule has 2 aromatic rings. The molecule has 3 rings (SSSR count). The fourth-order valence-corrected chi connectivity index (χ4v) is 2.04. The highest BCUT2D eigenvalue weighted by Crippen LogP contribution is 2.22. The van der Waals surface area contributed by atoms with E-state index in [0.29, 0.717) is 17.3 Å². The first kappa shape index (κ1) is 13.3. The van der Waals surface area contributed by atoms with Crippen LogP contribution < -0.4 is 5.32 Å². The molecule has 1 aromatic carbocycles. The number of amides is 1. The van der Waals surface area contributed by atoms with Gasteiger partial charge in [-0.25, -0.2) is 4.79 Å². The van der Waals surface area contributed by atoms with Crippen LogP contribution in [0.25, 0.3) is 11.3 Å². The summed E-state index contributed by atoms with van der Waals surface area (Å²) in [6, 6.07) is 10.3. The number of aromatic nitrogens is 1. The molecule has 0 spiro atoms. The van der Waals surface area contributed by atoms with Crippen molar-refractivity contribution in [3.63, 3.8) is 0 Å². The Balaban J connectivity index is 1.89. The lowest BCUT2D eigenvalue weighted by atomic mass is 10.1. The second-order valence-corrected chi connectivity index (χ2v) is 5.06. The van der Waals surface area contributed by atoms with Crippen molar-refractivity contribution in [3.05, 3.63) is 53.7 Å². The molecule has 0 atom stereocenters. The normalized spacial score (nSPS) is 13.7. The van der Waals surface area contributed by atoms with Gasteiger partial charge in [-0.1, -0.05) is 12.1 Å². The van der Waals surface area contributed by atoms with Crippen LogP contribution in [0.4, 0.5) is 0 Å². The van der Waals surface area contributed by atoms with Crippen LogP contribution in [0.1, 0.15) is 33.6 Å². The summed E-state index contributed by atoms with van der Waals surface area (Å²) in [4.78, 5) is 27.2. The van der Waals surface area contributed by atoms with Crippen molar-refractivity contribution in [1.82, 2.24) is 10.3 Å². The molecule has 1 aliphatic carbocycles. The number of carbonyl (C=O) groups excluding carboxylic acids is 1. The lowest BCUT2D eigenvalue weighted by molar-refractivity contribution is 0.0696. The van der Waals surface area contributed by atoms with Gasteiger partial charge in [0.25, 0.3) is 5.91 Å². The summed E-state index contributed by atoms with van der Waals surface area (Å²) in [5.41, 5.74) is 1.99. The first-order valence-electron chi connectivity index (χ1n) is 6.74. The molecule has 1 heterocycles. The molecule has 0 radical (unpaired) electrons. The van der Waals surface area contributed by atoms with Crippen LogP contribution >= 0.6 is 0 Å². The summed E-state index contributed by atoms with van der Waals surface area (Å²) in [5.74, 6) is -1.10. The van der Waals surface area contributed by atoms with E-state index in [-0.39, 0.29) is 11.5 Å². The number of pyridine rings is 1. The third-order valence-electron chi connectivity index (χ3n) is 3.34. The maximum atomic E-state index is 12.0. The largest absolute Gasteiger partial charge is 0.478 e. The van der Waals surface area contributed by atoms with Gasteiger partial charge in [0.05, 0.1) is 11.3 Å². The van der Waals surface area contributed by atoms with Gasteiger partial charge in [-0.05, 0) is 37.1 Å². The minimum Gasteiger partial charge on any atom is -0.478 e. The van der Waals surface area contributed by atoms with Crippen molar-refractivity contribution < 1.29 is 14.7 Å². The minimum absolute atomic E-state index is 0.103. The summed E-state index contributed by atoms with van der Waals surface area (Å²) in [5, 5.41) is 11.9. The predicted molar refractivity (Wildman–Crippen MR) is 77.1 cm³/mol. The Hall–Kier alpha value is -2.69. The standard InChI is InChI=1S/C16H14N2O3/c19-15(18-13-4-5-13)11-3-1-2-10(8-11)14-9-12(16(20)21)6-7-17-14/h1-3,6-9,13H,4-5H2,(H,18,19)(H,20,21). The van der Waals surface area contributed by atoms with Crippen molar-refractivity contribution in [1.29, 1.82) is 0 Å². The van der Waals surface area contributed by atoms with Crippen LogP contribution in [0.3, 0.4) is 0 Å². The van der Waals surface area contributed by atoms with Crippen LogP contribution in [0.15, 0.2) is 42.6 Å². The topological polar surface area (TPSA) is 79.3 Å². The highest BCUT2D eigenvalue weighted by Gasteiger charge is 2.23. The number of carboxylic acids is 1. The molecule has 21 heavy (non-hydrogen) atoms. The fraction of sp³-hybridized carbons (Fsp3) is 0.188. The Bertz CT molecular complexity index is 708. The number of rotatable bonds is 4. The maximum Gasteiger partial charge on any atom is 0.335 e. The van der Waals surface area contributed by atoms with Crippen LogP contribution in [-0.4, -0.2) is 28.0 Å². The lowest BCUT2D eigenvalue weighted by Gasteiger charge is -2.06. The van der Waals surface area contributed by atoms with Gasteiger partial charge >= 0.3 is 5.97 Å². The number of nitrogens with one attached hydrogen (secondary N) is 1. The molecular weight excluding hydrogens is 268 g/mol. The Morgan fingerprint density at radius 2 is 1.95 bits per heavy atom. The fourth-order valence-electron chi connectivity index (χ4n) is 2.04. The number of hydrogen-bond acceptors (Lipinski definition) is 3. The van der Waals surface area contributed by atoms with E-state index in [2.05, 4.69) is 10.3 Å². The molecule has 5 nitrogen and oxygen atoms in total. The van der Waals surface area contributed by atoms with Crippen molar-refractivity contribution in [2.24, 2.45) is 0 Å². The molecule has 1 saturated carbocycles. The van der Waals surface area contributed by atoms with Gasteiger partial charge in [0.2, 0.25) is 0 Å². The molecule has 0 saturated heterocycles. The van der Waals surface area contributed by atoms with E-state index < -0.39 is 5.97 Å². The average Bonchev–Trinajstić information content (AvgIpc) is 3.31.